The van der Waals surface area contributed by atoms with E-state index < -0.39 is 15.6 Å². The number of anilines is 1. The zero-order chi connectivity index (χ0) is 16.0. The average molecular weight is 320 g/mol. The van der Waals surface area contributed by atoms with Crippen LogP contribution in [-0.2, 0) is 9.84 Å². The van der Waals surface area contributed by atoms with Crippen LogP contribution in [0.4, 0.5) is 14.5 Å². The van der Waals surface area contributed by atoms with E-state index in [2.05, 4.69) is 31.1 Å². The second kappa shape index (κ2) is 7.70. The Bertz CT molecular complexity index is 530. The van der Waals surface area contributed by atoms with Crippen LogP contribution in [0.3, 0.4) is 0 Å². The molecule has 120 valence electrons. The van der Waals surface area contributed by atoms with E-state index in [0.29, 0.717) is 6.04 Å². The Balaban J connectivity index is 2.49. The summed E-state index contributed by atoms with van der Waals surface area (Å²) in [5.41, 5.74) is 0.718. The summed E-state index contributed by atoms with van der Waals surface area (Å²) in [6.45, 7) is 5.92. The van der Waals surface area contributed by atoms with Gasteiger partial charge in [-0.3, -0.25) is 0 Å². The van der Waals surface area contributed by atoms with Crippen LogP contribution in [0.15, 0.2) is 29.2 Å². The number of rotatable bonds is 8. The zero-order valence-electron chi connectivity index (χ0n) is 12.5. The SMILES string of the molecule is CC(C)N(C)CCCNc1ccc(S(=O)(=O)C(F)F)cc1. The van der Waals surface area contributed by atoms with Gasteiger partial charge >= 0.3 is 5.76 Å². The topological polar surface area (TPSA) is 49.4 Å². The van der Waals surface area contributed by atoms with Crippen molar-refractivity contribution in [2.45, 2.75) is 37.0 Å². The van der Waals surface area contributed by atoms with Crippen molar-refractivity contribution in [3.8, 4) is 0 Å². The van der Waals surface area contributed by atoms with Gasteiger partial charge in [-0.1, -0.05) is 0 Å². The molecule has 0 spiro atoms. The molecule has 0 heterocycles. The third-order valence-electron chi connectivity index (χ3n) is 3.32. The minimum absolute atomic E-state index is 0.359. The number of nitrogens with zero attached hydrogens (tertiary/aromatic N) is 1. The molecule has 0 aliphatic rings. The molecule has 0 fully saturated rings. The van der Waals surface area contributed by atoms with Crippen LogP contribution in [0, 0.1) is 0 Å². The van der Waals surface area contributed by atoms with Gasteiger partial charge < -0.3 is 10.2 Å². The molecule has 1 aromatic carbocycles. The van der Waals surface area contributed by atoms with E-state index in [1.165, 1.54) is 24.3 Å². The first-order chi connectivity index (χ1) is 9.75. The minimum Gasteiger partial charge on any atom is -0.385 e. The number of hydrogen-bond donors (Lipinski definition) is 1. The van der Waals surface area contributed by atoms with Crippen LogP contribution in [0.1, 0.15) is 20.3 Å². The third-order valence-corrected chi connectivity index (χ3v) is 4.71. The summed E-state index contributed by atoms with van der Waals surface area (Å²) >= 11 is 0. The summed E-state index contributed by atoms with van der Waals surface area (Å²) in [7, 11) is -2.46. The Morgan fingerprint density at radius 1 is 1.19 bits per heavy atom. The first-order valence-electron chi connectivity index (χ1n) is 6.81. The lowest BCUT2D eigenvalue weighted by atomic mass is 10.3. The smallest absolute Gasteiger partial charge is 0.341 e. The van der Waals surface area contributed by atoms with Gasteiger partial charge in [-0.05, 0) is 58.1 Å². The van der Waals surface area contributed by atoms with Crippen molar-refractivity contribution in [2.24, 2.45) is 0 Å². The molecule has 0 radical (unpaired) electrons. The lowest BCUT2D eigenvalue weighted by Crippen LogP contribution is -2.28. The molecule has 0 saturated heterocycles. The first kappa shape index (κ1) is 17.8. The van der Waals surface area contributed by atoms with Crippen LogP contribution in [0.5, 0.6) is 0 Å². The number of hydrogen-bond acceptors (Lipinski definition) is 4. The molecule has 0 unspecified atom stereocenters. The van der Waals surface area contributed by atoms with Gasteiger partial charge in [-0.25, -0.2) is 8.42 Å². The highest BCUT2D eigenvalue weighted by molar-refractivity contribution is 7.91. The maximum absolute atomic E-state index is 12.4. The van der Waals surface area contributed by atoms with Crippen LogP contribution in [-0.4, -0.2) is 45.3 Å². The van der Waals surface area contributed by atoms with Gasteiger partial charge in [0.2, 0.25) is 9.84 Å². The molecule has 0 amide bonds. The van der Waals surface area contributed by atoms with E-state index in [9.17, 15) is 17.2 Å². The average Bonchev–Trinajstić information content (AvgIpc) is 2.43. The predicted octanol–water partition coefficient (Wildman–Crippen LogP) is 2.83. The van der Waals surface area contributed by atoms with Crippen LogP contribution in [0.2, 0.25) is 0 Å². The molecule has 1 N–H and O–H groups in total. The van der Waals surface area contributed by atoms with Gasteiger partial charge in [-0.2, -0.15) is 8.78 Å². The molecule has 21 heavy (non-hydrogen) atoms. The molecule has 7 heteroatoms. The highest BCUT2D eigenvalue weighted by Crippen LogP contribution is 2.20. The van der Waals surface area contributed by atoms with Gasteiger partial charge in [0.1, 0.15) is 0 Å². The second-order valence-corrected chi connectivity index (χ2v) is 7.10. The Morgan fingerprint density at radius 3 is 2.24 bits per heavy atom. The normalized spacial score (nSPS) is 12.4. The van der Waals surface area contributed by atoms with Gasteiger partial charge in [0, 0.05) is 18.3 Å². The minimum atomic E-state index is -4.51. The fraction of sp³-hybridized carbons (Fsp3) is 0.571. The van der Waals surface area contributed by atoms with Crippen LogP contribution < -0.4 is 5.32 Å². The molecule has 0 saturated carbocycles. The van der Waals surface area contributed by atoms with Gasteiger partial charge in [0.25, 0.3) is 0 Å². The van der Waals surface area contributed by atoms with Crippen molar-refractivity contribution < 1.29 is 17.2 Å². The molecule has 0 atom stereocenters. The molecule has 4 nitrogen and oxygen atoms in total. The summed E-state index contributed by atoms with van der Waals surface area (Å²) in [4.78, 5) is 1.86. The Hall–Kier alpha value is -1.21. The summed E-state index contributed by atoms with van der Waals surface area (Å²) in [5.74, 6) is -3.39. The number of sulfone groups is 1. The molecular formula is C14H22F2N2O2S. The van der Waals surface area contributed by atoms with Crippen LogP contribution in [0.25, 0.3) is 0 Å². The van der Waals surface area contributed by atoms with E-state index in [1.807, 2.05) is 0 Å². The van der Waals surface area contributed by atoms with Crippen molar-refractivity contribution >= 4 is 15.5 Å². The Labute approximate surface area is 125 Å². The molecule has 0 bridgehead atoms. The van der Waals surface area contributed by atoms with Crippen molar-refractivity contribution in [2.75, 3.05) is 25.5 Å². The van der Waals surface area contributed by atoms with E-state index in [4.69, 9.17) is 0 Å². The quantitative estimate of drug-likeness (QED) is 0.748. The standard InChI is InChI=1S/C14H22F2N2O2S/c1-11(2)18(3)10-4-9-17-12-5-7-13(8-6-12)21(19,20)14(15)16/h5-8,11,14,17H,4,9-10H2,1-3H3. The molecule has 0 aromatic heterocycles. The lowest BCUT2D eigenvalue weighted by molar-refractivity contribution is 0.234. The second-order valence-electron chi connectivity index (χ2n) is 5.18. The highest BCUT2D eigenvalue weighted by Gasteiger charge is 2.26. The highest BCUT2D eigenvalue weighted by atomic mass is 32.2. The van der Waals surface area contributed by atoms with E-state index in [-0.39, 0.29) is 4.90 Å². The number of nitrogens with one attached hydrogen (secondary N) is 1. The zero-order valence-corrected chi connectivity index (χ0v) is 13.3. The van der Waals surface area contributed by atoms with E-state index >= 15 is 0 Å². The van der Waals surface area contributed by atoms with Crippen molar-refractivity contribution in [3.05, 3.63) is 24.3 Å². The van der Waals surface area contributed by atoms with Gasteiger partial charge in [-0.15, -0.1) is 0 Å². The van der Waals surface area contributed by atoms with Crippen molar-refractivity contribution in [1.82, 2.24) is 4.90 Å². The maximum atomic E-state index is 12.4. The first-order valence-corrected chi connectivity index (χ1v) is 8.36. The molecule has 0 aliphatic heterocycles. The van der Waals surface area contributed by atoms with Gasteiger partial charge in [0.15, 0.2) is 0 Å². The van der Waals surface area contributed by atoms with Crippen molar-refractivity contribution in [1.29, 1.82) is 0 Å². The van der Waals surface area contributed by atoms with Gasteiger partial charge in [0.05, 0.1) is 4.90 Å². The third kappa shape index (κ3) is 5.24. The summed E-state index contributed by atoms with van der Waals surface area (Å²) in [6, 6.07) is 5.89. The predicted molar refractivity (Wildman–Crippen MR) is 80.5 cm³/mol. The number of halogens is 2. The fourth-order valence-electron chi connectivity index (χ4n) is 1.68. The molecule has 0 aliphatic carbocycles. The van der Waals surface area contributed by atoms with E-state index in [1.54, 1.807) is 0 Å². The summed E-state index contributed by atoms with van der Waals surface area (Å²) < 4.78 is 47.3. The fourth-order valence-corrected chi connectivity index (χ4v) is 2.41. The Kier molecular flexibility index (Phi) is 6.54. The monoisotopic (exact) mass is 320 g/mol. The summed E-state index contributed by atoms with van der Waals surface area (Å²) in [5, 5.41) is 3.14. The summed E-state index contributed by atoms with van der Waals surface area (Å²) in [6.07, 6.45) is 0.936. The molecule has 1 rings (SSSR count). The Morgan fingerprint density at radius 2 is 1.76 bits per heavy atom. The van der Waals surface area contributed by atoms with Crippen molar-refractivity contribution in [3.63, 3.8) is 0 Å². The lowest BCUT2D eigenvalue weighted by Gasteiger charge is -2.20. The molecule has 1 aromatic rings. The number of benzene rings is 1. The van der Waals surface area contributed by atoms with Crippen LogP contribution >= 0.6 is 0 Å². The van der Waals surface area contributed by atoms with E-state index in [0.717, 1.165) is 25.2 Å². The largest absolute Gasteiger partial charge is 0.385 e. The number of alkyl halides is 2. The maximum Gasteiger partial charge on any atom is 0.341 e. The molecular weight excluding hydrogens is 298 g/mol.